The van der Waals surface area contributed by atoms with Crippen LogP contribution in [0.25, 0.3) is 0 Å². The number of hydrogen-bond donors (Lipinski definition) is 0. The van der Waals surface area contributed by atoms with E-state index in [0.717, 1.165) is 38.5 Å². The van der Waals surface area contributed by atoms with E-state index < -0.39 is 39.0 Å². The lowest BCUT2D eigenvalue weighted by Crippen LogP contribution is -2.61. The average Bonchev–Trinajstić information content (AvgIpc) is 2.85. The minimum absolute atomic E-state index is 0.0244. The molecule has 4 unspecified atom stereocenters. The van der Waals surface area contributed by atoms with Gasteiger partial charge in [0.25, 0.3) is 0 Å². The summed E-state index contributed by atoms with van der Waals surface area (Å²) in [5.74, 6) is 0.492. The lowest BCUT2D eigenvalue weighted by molar-refractivity contribution is -0.315. The molecule has 1 aliphatic heterocycles. The van der Waals surface area contributed by atoms with E-state index in [9.17, 15) is 4.57 Å². The Hall–Kier alpha value is -0.990. The Labute approximate surface area is 205 Å². The molecule has 0 aromatic heterocycles. The lowest BCUT2D eigenvalue weighted by atomic mass is 9.98. The van der Waals surface area contributed by atoms with Gasteiger partial charge < -0.3 is 28.2 Å². The minimum Gasteiger partial charge on any atom is -0.426 e. The highest BCUT2D eigenvalue weighted by molar-refractivity contribution is 7.33. The van der Waals surface area contributed by atoms with Crippen LogP contribution in [0.1, 0.15) is 59.3 Å². The van der Waals surface area contributed by atoms with Crippen LogP contribution in [0.15, 0.2) is 30.3 Å². The topological polar surface area (TPSA) is 81.7 Å². The molecular formula is C25H43O8P. The van der Waals surface area contributed by atoms with Crippen molar-refractivity contribution in [3.05, 3.63) is 30.3 Å². The molecule has 1 aromatic carbocycles. The largest absolute Gasteiger partial charge is 0.426 e. The van der Waals surface area contributed by atoms with Gasteiger partial charge in [-0.25, -0.2) is 4.57 Å². The third kappa shape index (κ3) is 9.94. The quantitative estimate of drug-likeness (QED) is 0.195. The highest BCUT2D eigenvalue weighted by Gasteiger charge is 2.48. The third-order valence-corrected chi connectivity index (χ3v) is 6.36. The van der Waals surface area contributed by atoms with Gasteiger partial charge in [-0.3, -0.25) is 4.52 Å². The first-order chi connectivity index (χ1) is 16.6. The standard InChI is InChI=1S/C25H43O8P/c1-5-8-16-28-22-21(19-31-34(26)33-20-14-12-11-13-15-20)32-25(27-4)24(30-18-10-7-3)23(22)29-17-9-6-2/h11-15,21-25,34H,5-10,16-19H2,1-4H3/t21?,22-,23?,24-,25?/m1/s1. The Morgan fingerprint density at radius 2 is 1.38 bits per heavy atom. The number of para-hydroxylation sites is 1. The molecule has 0 amide bonds. The predicted octanol–water partition coefficient (Wildman–Crippen LogP) is 5.40. The Balaban J connectivity index is 2.13. The summed E-state index contributed by atoms with van der Waals surface area (Å²) in [7, 11) is -1.19. The second-order valence-corrected chi connectivity index (χ2v) is 9.31. The molecule has 1 saturated heterocycles. The molecular weight excluding hydrogens is 459 g/mol. The van der Waals surface area contributed by atoms with Crippen LogP contribution in [0.5, 0.6) is 5.75 Å². The van der Waals surface area contributed by atoms with Gasteiger partial charge in [0.2, 0.25) is 0 Å². The summed E-state index contributed by atoms with van der Waals surface area (Å²) in [5, 5.41) is 0. The van der Waals surface area contributed by atoms with E-state index in [2.05, 4.69) is 20.8 Å². The van der Waals surface area contributed by atoms with E-state index >= 15 is 0 Å². The van der Waals surface area contributed by atoms with Crippen molar-refractivity contribution in [2.75, 3.05) is 33.5 Å². The Morgan fingerprint density at radius 3 is 1.94 bits per heavy atom. The fraction of sp³-hybridized carbons (Fsp3) is 0.760. The molecule has 8 nitrogen and oxygen atoms in total. The van der Waals surface area contributed by atoms with E-state index in [1.807, 2.05) is 18.2 Å². The molecule has 0 radical (unpaired) electrons. The monoisotopic (exact) mass is 502 g/mol. The second-order valence-electron chi connectivity index (χ2n) is 8.32. The molecule has 2 rings (SSSR count). The number of unbranched alkanes of at least 4 members (excludes halogenated alkanes) is 3. The van der Waals surface area contributed by atoms with Crippen LogP contribution in [-0.4, -0.2) is 64.2 Å². The Bertz CT molecular complexity index is 662. The summed E-state index contributed by atoms with van der Waals surface area (Å²) < 4.78 is 54.1. The van der Waals surface area contributed by atoms with Gasteiger partial charge in [-0.15, -0.1) is 0 Å². The van der Waals surface area contributed by atoms with E-state index in [4.69, 9.17) is 32.7 Å². The summed E-state index contributed by atoms with van der Waals surface area (Å²) in [6.45, 7) is 8.10. The molecule has 0 bridgehead atoms. The van der Waals surface area contributed by atoms with E-state index in [1.54, 1.807) is 19.2 Å². The molecule has 1 heterocycles. The second kappa shape index (κ2) is 17.4. The normalized spacial score (nSPS) is 25.8. The van der Waals surface area contributed by atoms with Crippen LogP contribution in [0.3, 0.4) is 0 Å². The summed E-state index contributed by atoms with van der Waals surface area (Å²) in [4.78, 5) is 0. The molecule has 1 aromatic rings. The third-order valence-electron chi connectivity index (χ3n) is 5.56. The maximum Gasteiger partial charge on any atom is 0.367 e. The van der Waals surface area contributed by atoms with Crippen LogP contribution in [0.2, 0.25) is 0 Å². The Morgan fingerprint density at radius 1 is 0.824 bits per heavy atom. The molecule has 0 spiro atoms. The molecule has 34 heavy (non-hydrogen) atoms. The van der Waals surface area contributed by atoms with E-state index in [-0.39, 0.29) is 6.61 Å². The number of methoxy groups -OCH3 is 1. The molecule has 0 aliphatic carbocycles. The van der Waals surface area contributed by atoms with Crippen molar-refractivity contribution in [1.82, 2.24) is 0 Å². The summed E-state index contributed by atoms with van der Waals surface area (Å²) in [6.07, 6.45) is 3.33. The zero-order chi connectivity index (χ0) is 24.6. The fourth-order valence-electron chi connectivity index (χ4n) is 3.63. The van der Waals surface area contributed by atoms with Gasteiger partial charge in [-0.05, 0) is 31.4 Å². The van der Waals surface area contributed by atoms with E-state index in [0.29, 0.717) is 25.6 Å². The van der Waals surface area contributed by atoms with Crippen molar-refractivity contribution >= 4 is 8.25 Å². The minimum atomic E-state index is -2.78. The smallest absolute Gasteiger partial charge is 0.367 e. The van der Waals surface area contributed by atoms with Gasteiger partial charge in [0.1, 0.15) is 30.2 Å². The first kappa shape index (κ1) is 29.2. The molecule has 0 saturated carbocycles. The maximum absolute atomic E-state index is 12.5. The average molecular weight is 503 g/mol. The number of rotatable bonds is 18. The van der Waals surface area contributed by atoms with Crippen LogP contribution in [0.4, 0.5) is 0 Å². The molecule has 0 N–H and O–H groups in total. The zero-order valence-corrected chi connectivity index (χ0v) is 22.1. The molecule has 1 aliphatic rings. The summed E-state index contributed by atoms with van der Waals surface area (Å²) >= 11 is 0. The fourth-order valence-corrected chi connectivity index (χ4v) is 4.31. The number of benzene rings is 1. The van der Waals surface area contributed by atoms with Gasteiger partial charge in [0.15, 0.2) is 6.29 Å². The van der Waals surface area contributed by atoms with Crippen molar-refractivity contribution in [3.63, 3.8) is 0 Å². The molecule has 1 fully saturated rings. The van der Waals surface area contributed by atoms with Crippen molar-refractivity contribution in [2.45, 2.75) is 90.0 Å². The summed E-state index contributed by atoms with van der Waals surface area (Å²) in [6, 6.07) is 8.95. The van der Waals surface area contributed by atoms with Crippen molar-refractivity contribution < 1.29 is 37.3 Å². The molecule has 196 valence electrons. The zero-order valence-electron chi connectivity index (χ0n) is 21.1. The van der Waals surface area contributed by atoms with Crippen molar-refractivity contribution in [2.24, 2.45) is 0 Å². The lowest BCUT2D eigenvalue weighted by Gasteiger charge is -2.45. The van der Waals surface area contributed by atoms with Gasteiger partial charge in [-0.1, -0.05) is 58.2 Å². The molecule has 9 heteroatoms. The van der Waals surface area contributed by atoms with Gasteiger partial charge in [0.05, 0.1) is 6.61 Å². The van der Waals surface area contributed by atoms with Crippen molar-refractivity contribution in [1.29, 1.82) is 0 Å². The van der Waals surface area contributed by atoms with E-state index in [1.165, 1.54) is 0 Å². The number of hydrogen-bond acceptors (Lipinski definition) is 8. The SMILES string of the molecule is CCCCOC1[C@H](OCCCC)C(CO[PH](=O)Oc2ccccc2)OC(OC)[C@@H]1OCCCC. The first-order valence-electron chi connectivity index (χ1n) is 12.6. The van der Waals surface area contributed by atoms with Crippen LogP contribution in [0, 0.1) is 0 Å². The predicted molar refractivity (Wildman–Crippen MR) is 132 cm³/mol. The van der Waals surface area contributed by atoms with Crippen LogP contribution >= 0.6 is 8.25 Å². The highest BCUT2D eigenvalue weighted by atomic mass is 31.1. The molecule has 6 atom stereocenters. The van der Waals surface area contributed by atoms with Crippen LogP contribution in [-0.2, 0) is 32.8 Å². The van der Waals surface area contributed by atoms with Gasteiger partial charge in [0, 0.05) is 26.9 Å². The maximum atomic E-state index is 12.5. The first-order valence-corrected chi connectivity index (χ1v) is 13.8. The number of ether oxygens (including phenoxy) is 5. The van der Waals surface area contributed by atoms with Crippen molar-refractivity contribution in [3.8, 4) is 5.75 Å². The van der Waals surface area contributed by atoms with Crippen LogP contribution < -0.4 is 4.52 Å². The van der Waals surface area contributed by atoms with Gasteiger partial charge in [-0.2, -0.15) is 0 Å². The Kier molecular flexibility index (Phi) is 15.0. The van der Waals surface area contributed by atoms with Gasteiger partial charge >= 0.3 is 8.25 Å². The summed E-state index contributed by atoms with van der Waals surface area (Å²) in [5.41, 5.74) is 0. The highest BCUT2D eigenvalue weighted by Crippen LogP contribution is 2.33.